The molecule has 0 fully saturated rings. The molecule has 0 unspecified atom stereocenters. The molecule has 0 aromatic heterocycles. The Hall–Kier alpha value is -1.71. The van der Waals surface area contributed by atoms with Crippen LogP contribution in [0.2, 0.25) is 0 Å². The number of guanidine groups is 1. The Morgan fingerprint density at radius 1 is 1.17 bits per heavy atom. The molecule has 1 aromatic rings. The average molecular weight is 249 g/mol. The predicted octanol–water partition coefficient (Wildman–Crippen LogP) is 1.81. The van der Waals surface area contributed by atoms with Crippen LogP contribution in [0.25, 0.3) is 0 Å². The molecule has 100 valence electrons. The fraction of sp³-hybridized carbons (Fsp3) is 0.500. The smallest absolute Gasteiger partial charge is 0.191 e. The summed E-state index contributed by atoms with van der Waals surface area (Å²) in [7, 11) is 1.70. The van der Waals surface area contributed by atoms with Gasteiger partial charge in [-0.3, -0.25) is 4.99 Å². The SMILES string of the molecule is CCNC(=NCCc1ccccc1OC)NCC. The van der Waals surface area contributed by atoms with Gasteiger partial charge < -0.3 is 15.4 Å². The number of hydrogen-bond acceptors (Lipinski definition) is 2. The first-order valence-electron chi connectivity index (χ1n) is 6.45. The predicted molar refractivity (Wildman–Crippen MR) is 76.4 cm³/mol. The molecule has 2 N–H and O–H groups in total. The van der Waals surface area contributed by atoms with Crippen molar-refractivity contribution < 1.29 is 4.74 Å². The van der Waals surface area contributed by atoms with Gasteiger partial charge in [0, 0.05) is 19.6 Å². The summed E-state index contributed by atoms with van der Waals surface area (Å²) in [5.74, 6) is 1.80. The minimum Gasteiger partial charge on any atom is -0.496 e. The Kier molecular flexibility index (Phi) is 6.69. The van der Waals surface area contributed by atoms with Gasteiger partial charge in [-0.15, -0.1) is 0 Å². The second kappa shape index (κ2) is 8.39. The first kappa shape index (κ1) is 14.4. The minimum atomic E-state index is 0.746. The molecular formula is C14H23N3O. The fourth-order valence-corrected chi connectivity index (χ4v) is 1.71. The molecule has 1 aromatic carbocycles. The van der Waals surface area contributed by atoms with Gasteiger partial charge in [-0.05, 0) is 31.9 Å². The fourth-order valence-electron chi connectivity index (χ4n) is 1.71. The van der Waals surface area contributed by atoms with Gasteiger partial charge in [0.15, 0.2) is 5.96 Å². The maximum atomic E-state index is 5.32. The van der Waals surface area contributed by atoms with Crippen LogP contribution in [0.5, 0.6) is 5.75 Å². The van der Waals surface area contributed by atoms with Gasteiger partial charge in [0.25, 0.3) is 0 Å². The van der Waals surface area contributed by atoms with Crippen LogP contribution in [0.4, 0.5) is 0 Å². The van der Waals surface area contributed by atoms with Crippen LogP contribution in [-0.2, 0) is 6.42 Å². The minimum absolute atomic E-state index is 0.746. The molecule has 4 heteroatoms. The molecule has 1 rings (SSSR count). The monoisotopic (exact) mass is 249 g/mol. The summed E-state index contributed by atoms with van der Waals surface area (Å²) >= 11 is 0. The van der Waals surface area contributed by atoms with E-state index in [2.05, 4.69) is 35.5 Å². The van der Waals surface area contributed by atoms with Crippen molar-refractivity contribution in [2.75, 3.05) is 26.7 Å². The van der Waals surface area contributed by atoms with E-state index in [0.717, 1.165) is 37.8 Å². The number of nitrogens with one attached hydrogen (secondary N) is 2. The number of benzene rings is 1. The summed E-state index contributed by atoms with van der Waals surface area (Å²) in [5, 5.41) is 6.41. The highest BCUT2D eigenvalue weighted by atomic mass is 16.5. The molecule has 0 aliphatic carbocycles. The molecule has 4 nitrogen and oxygen atoms in total. The maximum absolute atomic E-state index is 5.32. The molecule has 0 saturated carbocycles. The van der Waals surface area contributed by atoms with Crippen molar-refractivity contribution in [3.8, 4) is 5.75 Å². The van der Waals surface area contributed by atoms with E-state index in [1.807, 2.05) is 18.2 Å². The highest BCUT2D eigenvalue weighted by Gasteiger charge is 2.01. The Balaban J connectivity index is 2.55. The van der Waals surface area contributed by atoms with Crippen LogP contribution in [0.3, 0.4) is 0 Å². The second-order valence-corrected chi connectivity index (χ2v) is 3.85. The Labute approximate surface area is 109 Å². The maximum Gasteiger partial charge on any atom is 0.191 e. The van der Waals surface area contributed by atoms with E-state index in [9.17, 15) is 0 Å². The first-order chi connectivity index (χ1) is 8.81. The van der Waals surface area contributed by atoms with Gasteiger partial charge in [0.1, 0.15) is 5.75 Å². The van der Waals surface area contributed by atoms with Crippen molar-refractivity contribution in [2.45, 2.75) is 20.3 Å². The zero-order chi connectivity index (χ0) is 13.2. The van der Waals surface area contributed by atoms with E-state index in [-0.39, 0.29) is 0 Å². The van der Waals surface area contributed by atoms with Crippen LogP contribution in [0, 0.1) is 0 Å². The van der Waals surface area contributed by atoms with Crippen LogP contribution >= 0.6 is 0 Å². The zero-order valence-corrected chi connectivity index (χ0v) is 11.5. The number of nitrogens with zero attached hydrogens (tertiary/aromatic N) is 1. The molecule has 0 heterocycles. The zero-order valence-electron chi connectivity index (χ0n) is 11.5. The second-order valence-electron chi connectivity index (χ2n) is 3.85. The third-order valence-corrected chi connectivity index (χ3v) is 2.53. The first-order valence-corrected chi connectivity index (χ1v) is 6.45. The number of hydrogen-bond donors (Lipinski definition) is 2. The van der Waals surface area contributed by atoms with Gasteiger partial charge in [-0.2, -0.15) is 0 Å². The molecule has 0 spiro atoms. The lowest BCUT2D eigenvalue weighted by molar-refractivity contribution is 0.410. The standard InChI is InChI=1S/C14H23N3O/c1-4-15-14(16-5-2)17-11-10-12-8-6-7-9-13(12)18-3/h6-9H,4-5,10-11H2,1-3H3,(H2,15,16,17). The van der Waals surface area contributed by atoms with Crippen molar-refractivity contribution in [2.24, 2.45) is 4.99 Å². The van der Waals surface area contributed by atoms with Crippen LogP contribution in [-0.4, -0.2) is 32.7 Å². The Bertz CT molecular complexity index is 369. The largest absolute Gasteiger partial charge is 0.496 e. The molecule has 0 saturated heterocycles. The van der Waals surface area contributed by atoms with Crippen LogP contribution in [0.1, 0.15) is 19.4 Å². The summed E-state index contributed by atoms with van der Waals surface area (Å²) < 4.78 is 5.32. The summed E-state index contributed by atoms with van der Waals surface area (Å²) in [4.78, 5) is 4.51. The average Bonchev–Trinajstić information content (AvgIpc) is 2.40. The lowest BCUT2D eigenvalue weighted by atomic mass is 10.1. The normalized spacial score (nSPS) is 9.72. The third kappa shape index (κ3) is 4.65. The van der Waals surface area contributed by atoms with Crippen molar-refractivity contribution in [1.29, 1.82) is 0 Å². The van der Waals surface area contributed by atoms with Crippen molar-refractivity contribution in [3.05, 3.63) is 29.8 Å². The Morgan fingerprint density at radius 3 is 2.44 bits per heavy atom. The molecule has 0 aliphatic rings. The molecule has 0 aliphatic heterocycles. The Morgan fingerprint density at radius 2 is 1.83 bits per heavy atom. The number of para-hydroxylation sites is 1. The number of aliphatic imine (C=N–C) groups is 1. The summed E-state index contributed by atoms with van der Waals surface area (Å²) in [6.45, 7) is 6.62. The lowest BCUT2D eigenvalue weighted by Gasteiger charge is -2.10. The molecule has 18 heavy (non-hydrogen) atoms. The van der Waals surface area contributed by atoms with Crippen molar-refractivity contribution >= 4 is 5.96 Å². The summed E-state index contributed by atoms with van der Waals surface area (Å²) in [5.41, 5.74) is 1.19. The third-order valence-electron chi connectivity index (χ3n) is 2.53. The van der Waals surface area contributed by atoms with Crippen LogP contribution in [0.15, 0.2) is 29.3 Å². The number of methoxy groups -OCH3 is 1. The summed E-state index contributed by atoms with van der Waals surface area (Å²) in [6, 6.07) is 8.06. The highest BCUT2D eigenvalue weighted by molar-refractivity contribution is 5.79. The van der Waals surface area contributed by atoms with Crippen molar-refractivity contribution in [1.82, 2.24) is 10.6 Å². The number of ether oxygens (including phenoxy) is 1. The molecule has 0 amide bonds. The van der Waals surface area contributed by atoms with Gasteiger partial charge in [0.05, 0.1) is 7.11 Å². The topological polar surface area (TPSA) is 45.7 Å². The van der Waals surface area contributed by atoms with Gasteiger partial charge in [0.2, 0.25) is 0 Å². The van der Waals surface area contributed by atoms with E-state index in [4.69, 9.17) is 4.74 Å². The molecular weight excluding hydrogens is 226 g/mol. The molecule has 0 atom stereocenters. The van der Waals surface area contributed by atoms with E-state index in [1.54, 1.807) is 7.11 Å². The van der Waals surface area contributed by atoms with E-state index >= 15 is 0 Å². The van der Waals surface area contributed by atoms with Gasteiger partial charge in [-0.1, -0.05) is 18.2 Å². The quantitative estimate of drug-likeness (QED) is 0.597. The van der Waals surface area contributed by atoms with E-state index < -0.39 is 0 Å². The highest BCUT2D eigenvalue weighted by Crippen LogP contribution is 2.17. The van der Waals surface area contributed by atoms with Crippen molar-refractivity contribution in [3.63, 3.8) is 0 Å². The van der Waals surface area contributed by atoms with Gasteiger partial charge in [-0.25, -0.2) is 0 Å². The van der Waals surface area contributed by atoms with E-state index in [0.29, 0.717) is 0 Å². The number of rotatable bonds is 6. The van der Waals surface area contributed by atoms with Crippen LogP contribution < -0.4 is 15.4 Å². The van der Waals surface area contributed by atoms with E-state index in [1.165, 1.54) is 5.56 Å². The summed E-state index contributed by atoms with van der Waals surface area (Å²) in [6.07, 6.45) is 0.879. The molecule has 0 radical (unpaired) electrons. The van der Waals surface area contributed by atoms with Gasteiger partial charge >= 0.3 is 0 Å². The lowest BCUT2D eigenvalue weighted by Crippen LogP contribution is -2.37. The molecule has 0 bridgehead atoms.